The Labute approximate surface area is 67.0 Å². The van der Waals surface area contributed by atoms with Crippen molar-refractivity contribution in [1.82, 2.24) is 0 Å². The third-order valence-electron chi connectivity index (χ3n) is 2.70. The Morgan fingerprint density at radius 3 is 2.00 bits per heavy atom. The molecule has 0 saturated heterocycles. The molecule has 0 aliphatic heterocycles. The van der Waals surface area contributed by atoms with Crippen LogP contribution in [0.4, 0.5) is 8.78 Å². The van der Waals surface area contributed by atoms with Crippen molar-refractivity contribution in [2.45, 2.75) is 45.5 Å². The summed E-state index contributed by atoms with van der Waals surface area (Å²) in [4.78, 5) is 0. The zero-order chi connectivity index (χ0) is 8.48. The van der Waals surface area contributed by atoms with Crippen molar-refractivity contribution in [2.24, 2.45) is 11.8 Å². The van der Waals surface area contributed by atoms with Crippen LogP contribution in [0.3, 0.4) is 0 Å². The normalized spacial score (nSPS) is 25.9. The molecule has 0 aromatic rings. The summed E-state index contributed by atoms with van der Waals surface area (Å²) in [7, 11) is 0. The van der Waals surface area contributed by atoms with E-state index in [1.54, 1.807) is 0 Å². The lowest BCUT2D eigenvalue weighted by Gasteiger charge is -2.30. The molecule has 0 unspecified atom stereocenters. The maximum absolute atomic E-state index is 12.6. The monoisotopic (exact) mass is 162 g/mol. The second-order valence-electron chi connectivity index (χ2n) is 3.94. The van der Waals surface area contributed by atoms with Crippen LogP contribution in [0.5, 0.6) is 0 Å². The van der Waals surface area contributed by atoms with E-state index in [0.717, 1.165) is 0 Å². The molecule has 0 bridgehead atoms. The zero-order valence-corrected chi connectivity index (χ0v) is 7.24. The zero-order valence-electron chi connectivity index (χ0n) is 7.24. The van der Waals surface area contributed by atoms with Gasteiger partial charge in [-0.15, -0.1) is 0 Å². The molecular weight excluding hydrogens is 146 g/mol. The Hall–Kier alpha value is -0.140. The predicted octanol–water partition coefficient (Wildman–Crippen LogP) is 3.47. The summed E-state index contributed by atoms with van der Waals surface area (Å²) >= 11 is 0. The highest BCUT2D eigenvalue weighted by atomic mass is 19.3. The fourth-order valence-electron chi connectivity index (χ4n) is 1.73. The van der Waals surface area contributed by atoms with E-state index in [1.165, 1.54) is 0 Å². The van der Waals surface area contributed by atoms with Crippen molar-refractivity contribution in [3.05, 3.63) is 0 Å². The van der Waals surface area contributed by atoms with Crippen molar-refractivity contribution < 1.29 is 8.78 Å². The predicted molar refractivity (Wildman–Crippen MR) is 41.7 cm³/mol. The minimum absolute atomic E-state index is 0.107. The van der Waals surface area contributed by atoms with Gasteiger partial charge in [-0.25, -0.2) is 8.78 Å². The second-order valence-corrected chi connectivity index (χ2v) is 3.94. The molecule has 0 amide bonds. The van der Waals surface area contributed by atoms with Gasteiger partial charge in [0.1, 0.15) is 0 Å². The summed E-state index contributed by atoms with van der Waals surface area (Å²) in [6.07, 6.45) is 1.64. The standard InChI is InChI=1S/C9H16F2/c1-7(2)8-3-5-9(10,11)6-4-8/h7-8H,3-6H2,1-2H3. The Balaban J connectivity index is 2.36. The van der Waals surface area contributed by atoms with E-state index in [9.17, 15) is 8.78 Å². The summed E-state index contributed by atoms with van der Waals surface area (Å²) in [6, 6.07) is 0. The molecule has 0 aromatic heterocycles. The number of alkyl halides is 2. The molecule has 66 valence electrons. The highest BCUT2D eigenvalue weighted by Gasteiger charge is 2.35. The summed E-state index contributed by atoms with van der Waals surface area (Å²) in [5.74, 6) is -1.24. The molecule has 1 rings (SSSR count). The molecule has 0 nitrogen and oxygen atoms in total. The summed E-state index contributed by atoms with van der Waals surface area (Å²) in [6.45, 7) is 4.24. The van der Waals surface area contributed by atoms with E-state index in [1.807, 2.05) is 0 Å². The molecule has 1 saturated carbocycles. The van der Waals surface area contributed by atoms with Crippen molar-refractivity contribution in [3.8, 4) is 0 Å². The molecular formula is C9H16F2. The molecule has 0 N–H and O–H groups in total. The first kappa shape index (κ1) is 8.95. The first-order chi connectivity index (χ1) is 5.01. The average Bonchev–Trinajstić information content (AvgIpc) is 1.86. The molecule has 1 fully saturated rings. The third kappa shape index (κ3) is 2.42. The molecule has 1 aliphatic rings. The van der Waals surface area contributed by atoms with Crippen molar-refractivity contribution in [1.29, 1.82) is 0 Å². The maximum Gasteiger partial charge on any atom is 0.248 e. The number of hydrogen-bond donors (Lipinski definition) is 0. The summed E-state index contributed by atoms with van der Waals surface area (Å²) < 4.78 is 25.3. The van der Waals surface area contributed by atoms with Crippen LogP contribution < -0.4 is 0 Å². The maximum atomic E-state index is 12.6. The SMILES string of the molecule is CC(C)C1CCC(F)(F)CC1. The Morgan fingerprint density at radius 1 is 1.18 bits per heavy atom. The quantitative estimate of drug-likeness (QED) is 0.553. The first-order valence-corrected chi connectivity index (χ1v) is 4.39. The van der Waals surface area contributed by atoms with E-state index >= 15 is 0 Å². The van der Waals surface area contributed by atoms with Gasteiger partial charge in [-0.1, -0.05) is 13.8 Å². The molecule has 0 radical (unpaired) electrons. The lowest BCUT2D eigenvalue weighted by molar-refractivity contribution is -0.0504. The van der Waals surface area contributed by atoms with Gasteiger partial charge in [0.25, 0.3) is 0 Å². The number of rotatable bonds is 1. The molecule has 2 heteroatoms. The average molecular weight is 162 g/mol. The summed E-state index contributed by atoms with van der Waals surface area (Å²) in [5, 5.41) is 0. The lowest BCUT2D eigenvalue weighted by atomic mass is 9.80. The number of halogens is 2. The minimum Gasteiger partial charge on any atom is -0.207 e. The Kier molecular flexibility index (Phi) is 2.50. The summed E-state index contributed by atoms with van der Waals surface area (Å²) in [5.41, 5.74) is 0. The highest BCUT2D eigenvalue weighted by molar-refractivity contribution is 4.78. The van der Waals surface area contributed by atoms with Crippen molar-refractivity contribution >= 4 is 0 Å². The fraction of sp³-hybridized carbons (Fsp3) is 1.00. The van der Waals surface area contributed by atoms with Gasteiger partial charge in [0.05, 0.1) is 0 Å². The lowest BCUT2D eigenvalue weighted by Crippen LogP contribution is -2.26. The van der Waals surface area contributed by atoms with Gasteiger partial charge in [0, 0.05) is 12.8 Å². The Bertz CT molecular complexity index is 120. The van der Waals surface area contributed by atoms with Crippen LogP contribution in [0.25, 0.3) is 0 Å². The van der Waals surface area contributed by atoms with Crippen LogP contribution in [0, 0.1) is 11.8 Å². The van der Waals surface area contributed by atoms with E-state index in [2.05, 4.69) is 13.8 Å². The number of hydrogen-bond acceptors (Lipinski definition) is 0. The van der Waals surface area contributed by atoms with Gasteiger partial charge in [-0.05, 0) is 24.7 Å². The van der Waals surface area contributed by atoms with Crippen LogP contribution in [-0.2, 0) is 0 Å². The van der Waals surface area contributed by atoms with Gasteiger partial charge >= 0.3 is 0 Å². The van der Waals surface area contributed by atoms with Gasteiger partial charge in [-0.3, -0.25) is 0 Å². The topological polar surface area (TPSA) is 0 Å². The molecule has 0 heterocycles. The Morgan fingerprint density at radius 2 is 1.64 bits per heavy atom. The molecule has 1 aliphatic carbocycles. The van der Waals surface area contributed by atoms with Gasteiger partial charge < -0.3 is 0 Å². The van der Waals surface area contributed by atoms with Crippen LogP contribution in [-0.4, -0.2) is 5.92 Å². The molecule has 0 aromatic carbocycles. The van der Waals surface area contributed by atoms with E-state index in [0.29, 0.717) is 24.7 Å². The van der Waals surface area contributed by atoms with Crippen LogP contribution >= 0.6 is 0 Å². The van der Waals surface area contributed by atoms with Gasteiger partial charge in [-0.2, -0.15) is 0 Å². The van der Waals surface area contributed by atoms with Crippen molar-refractivity contribution in [2.75, 3.05) is 0 Å². The fourth-order valence-corrected chi connectivity index (χ4v) is 1.73. The van der Waals surface area contributed by atoms with Gasteiger partial charge in [0.2, 0.25) is 5.92 Å². The van der Waals surface area contributed by atoms with Crippen molar-refractivity contribution in [3.63, 3.8) is 0 Å². The van der Waals surface area contributed by atoms with Crippen LogP contribution in [0.1, 0.15) is 39.5 Å². The minimum atomic E-state index is -2.36. The van der Waals surface area contributed by atoms with Gasteiger partial charge in [0.15, 0.2) is 0 Å². The third-order valence-corrected chi connectivity index (χ3v) is 2.70. The van der Waals surface area contributed by atoms with E-state index in [4.69, 9.17) is 0 Å². The van der Waals surface area contributed by atoms with Crippen LogP contribution in [0.2, 0.25) is 0 Å². The largest absolute Gasteiger partial charge is 0.248 e. The highest BCUT2D eigenvalue weighted by Crippen LogP contribution is 2.38. The molecule has 0 spiro atoms. The molecule has 0 atom stereocenters. The van der Waals surface area contributed by atoms with Crippen LogP contribution in [0.15, 0.2) is 0 Å². The van der Waals surface area contributed by atoms with E-state index in [-0.39, 0.29) is 12.8 Å². The van der Waals surface area contributed by atoms with E-state index < -0.39 is 5.92 Å². The first-order valence-electron chi connectivity index (χ1n) is 4.39. The second kappa shape index (κ2) is 3.08. The molecule has 11 heavy (non-hydrogen) atoms. The smallest absolute Gasteiger partial charge is 0.207 e.